The van der Waals surface area contributed by atoms with E-state index in [4.69, 9.17) is 14.9 Å². The van der Waals surface area contributed by atoms with Crippen LogP contribution in [0.2, 0.25) is 0 Å². The molecule has 1 aliphatic heterocycles. The molecule has 0 unspecified atom stereocenters. The van der Waals surface area contributed by atoms with Crippen LogP contribution >= 0.6 is 0 Å². The lowest BCUT2D eigenvalue weighted by molar-refractivity contribution is 0.174. The molecule has 0 aliphatic carbocycles. The lowest BCUT2D eigenvalue weighted by Crippen LogP contribution is -1.93. The van der Waals surface area contributed by atoms with Crippen LogP contribution in [0.4, 0.5) is 0 Å². The van der Waals surface area contributed by atoms with Gasteiger partial charge in [0, 0.05) is 5.71 Å². The molecule has 0 atom stereocenters. The first kappa shape index (κ1) is 7.16. The van der Waals surface area contributed by atoms with E-state index in [0.29, 0.717) is 5.71 Å². The molecule has 12 heavy (non-hydrogen) atoms. The molecular formula is C9H9NO2. The fraction of sp³-hybridized carbons (Fsp3) is 0.222. The standard InChI is InChI=1S/C9H9NO2/c1-6(10)7-2-3-8-9(4-7)12-5-11-8/h2-4,10H,5H2,1H3. The molecule has 0 saturated carbocycles. The van der Waals surface area contributed by atoms with E-state index in [1.807, 2.05) is 18.2 Å². The fourth-order valence-corrected chi connectivity index (χ4v) is 1.13. The summed E-state index contributed by atoms with van der Waals surface area (Å²) in [4.78, 5) is 0. The molecule has 0 bridgehead atoms. The van der Waals surface area contributed by atoms with Crippen LogP contribution in [-0.2, 0) is 0 Å². The summed E-state index contributed by atoms with van der Waals surface area (Å²) in [6.45, 7) is 2.04. The van der Waals surface area contributed by atoms with Gasteiger partial charge >= 0.3 is 0 Å². The average molecular weight is 163 g/mol. The van der Waals surface area contributed by atoms with Crippen molar-refractivity contribution in [2.45, 2.75) is 6.92 Å². The van der Waals surface area contributed by atoms with Crippen LogP contribution in [0.1, 0.15) is 12.5 Å². The van der Waals surface area contributed by atoms with E-state index in [1.165, 1.54) is 0 Å². The van der Waals surface area contributed by atoms with Gasteiger partial charge in [-0.15, -0.1) is 0 Å². The molecule has 1 aromatic carbocycles. The van der Waals surface area contributed by atoms with Crippen molar-refractivity contribution in [2.75, 3.05) is 6.79 Å². The largest absolute Gasteiger partial charge is 0.454 e. The summed E-state index contributed by atoms with van der Waals surface area (Å²) < 4.78 is 10.3. The predicted molar refractivity (Wildman–Crippen MR) is 45.1 cm³/mol. The molecule has 3 heteroatoms. The molecule has 2 rings (SSSR count). The first-order valence-corrected chi connectivity index (χ1v) is 3.72. The third-order valence-corrected chi connectivity index (χ3v) is 1.81. The van der Waals surface area contributed by atoms with E-state index in [9.17, 15) is 0 Å². The molecule has 3 nitrogen and oxygen atoms in total. The van der Waals surface area contributed by atoms with Crippen LogP contribution < -0.4 is 9.47 Å². The molecule has 1 aliphatic rings. The van der Waals surface area contributed by atoms with Gasteiger partial charge in [-0.3, -0.25) is 0 Å². The maximum atomic E-state index is 7.40. The normalized spacial score (nSPS) is 13.1. The number of hydrogen-bond donors (Lipinski definition) is 1. The Labute approximate surface area is 70.4 Å². The van der Waals surface area contributed by atoms with E-state index in [-0.39, 0.29) is 6.79 Å². The second kappa shape index (κ2) is 2.52. The molecule has 1 heterocycles. The van der Waals surface area contributed by atoms with Gasteiger partial charge in [-0.2, -0.15) is 0 Å². The maximum absolute atomic E-state index is 7.40. The van der Waals surface area contributed by atoms with Crippen LogP contribution in [-0.4, -0.2) is 12.5 Å². The number of fused-ring (bicyclic) bond motifs is 1. The van der Waals surface area contributed by atoms with Crippen LogP contribution in [0, 0.1) is 5.41 Å². The van der Waals surface area contributed by atoms with Gasteiger partial charge in [0.25, 0.3) is 0 Å². The van der Waals surface area contributed by atoms with Crippen LogP contribution in [0.25, 0.3) is 0 Å². The third-order valence-electron chi connectivity index (χ3n) is 1.81. The zero-order chi connectivity index (χ0) is 8.55. The van der Waals surface area contributed by atoms with Crippen molar-refractivity contribution < 1.29 is 9.47 Å². The highest BCUT2D eigenvalue weighted by Crippen LogP contribution is 2.32. The van der Waals surface area contributed by atoms with E-state index in [1.54, 1.807) is 6.92 Å². The monoisotopic (exact) mass is 163 g/mol. The number of hydrogen-bond acceptors (Lipinski definition) is 3. The Morgan fingerprint density at radius 3 is 2.83 bits per heavy atom. The Morgan fingerprint density at radius 1 is 1.33 bits per heavy atom. The van der Waals surface area contributed by atoms with Gasteiger partial charge in [0.1, 0.15) is 0 Å². The third kappa shape index (κ3) is 1.03. The smallest absolute Gasteiger partial charge is 0.231 e. The van der Waals surface area contributed by atoms with Crippen molar-refractivity contribution in [3.63, 3.8) is 0 Å². The fourth-order valence-electron chi connectivity index (χ4n) is 1.13. The summed E-state index contributed by atoms with van der Waals surface area (Å²) >= 11 is 0. The van der Waals surface area contributed by atoms with Gasteiger partial charge in [0.05, 0.1) is 0 Å². The predicted octanol–water partition coefficient (Wildman–Crippen LogP) is 1.80. The van der Waals surface area contributed by atoms with E-state index in [0.717, 1.165) is 17.1 Å². The highest BCUT2D eigenvalue weighted by atomic mass is 16.7. The van der Waals surface area contributed by atoms with Gasteiger partial charge in [0.2, 0.25) is 6.79 Å². The van der Waals surface area contributed by atoms with Gasteiger partial charge in [-0.05, 0) is 30.7 Å². The molecule has 62 valence electrons. The summed E-state index contributed by atoms with van der Waals surface area (Å²) in [6, 6.07) is 5.51. The lowest BCUT2D eigenvalue weighted by atomic mass is 10.1. The topological polar surface area (TPSA) is 42.3 Å². The summed E-state index contributed by atoms with van der Waals surface area (Å²) in [5.41, 5.74) is 1.41. The SMILES string of the molecule is CC(=N)c1ccc2c(c1)OCO2. The number of ether oxygens (including phenoxy) is 2. The number of rotatable bonds is 1. The molecule has 1 N–H and O–H groups in total. The quantitative estimate of drug-likeness (QED) is 0.641. The highest BCUT2D eigenvalue weighted by Gasteiger charge is 2.13. The molecule has 0 fully saturated rings. The minimum atomic E-state index is 0.288. The summed E-state index contributed by atoms with van der Waals surface area (Å²) in [5, 5.41) is 7.40. The van der Waals surface area contributed by atoms with E-state index in [2.05, 4.69) is 0 Å². The Hall–Kier alpha value is -1.51. The highest BCUT2D eigenvalue weighted by molar-refractivity contribution is 5.96. The Bertz CT molecular complexity index is 333. The lowest BCUT2D eigenvalue weighted by Gasteiger charge is -1.99. The molecular weight excluding hydrogens is 154 g/mol. The van der Waals surface area contributed by atoms with Crippen molar-refractivity contribution >= 4 is 5.71 Å². The molecule has 0 amide bonds. The second-order valence-corrected chi connectivity index (χ2v) is 2.69. The zero-order valence-electron chi connectivity index (χ0n) is 6.76. The molecule has 0 aromatic heterocycles. The van der Waals surface area contributed by atoms with E-state index < -0.39 is 0 Å². The Morgan fingerprint density at radius 2 is 2.08 bits per heavy atom. The van der Waals surface area contributed by atoms with Crippen LogP contribution in [0.5, 0.6) is 11.5 Å². The van der Waals surface area contributed by atoms with Crippen molar-refractivity contribution in [2.24, 2.45) is 0 Å². The minimum absolute atomic E-state index is 0.288. The summed E-state index contributed by atoms with van der Waals surface area (Å²) in [7, 11) is 0. The number of nitrogens with one attached hydrogen (secondary N) is 1. The van der Waals surface area contributed by atoms with Crippen LogP contribution in [0.15, 0.2) is 18.2 Å². The van der Waals surface area contributed by atoms with Crippen molar-refractivity contribution in [1.82, 2.24) is 0 Å². The first-order chi connectivity index (χ1) is 5.77. The van der Waals surface area contributed by atoms with Gasteiger partial charge in [-0.1, -0.05) is 0 Å². The summed E-state index contributed by atoms with van der Waals surface area (Å²) in [6.07, 6.45) is 0. The number of benzene rings is 1. The minimum Gasteiger partial charge on any atom is -0.454 e. The van der Waals surface area contributed by atoms with Gasteiger partial charge in [0.15, 0.2) is 11.5 Å². The van der Waals surface area contributed by atoms with Crippen molar-refractivity contribution in [1.29, 1.82) is 5.41 Å². The van der Waals surface area contributed by atoms with Crippen LogP contribution in [0.3, 0.4) is 0 Å². The van der Waals surface area contributed by atoms with E-state index >= 15 is 0 Å². The van der Waals surface area contributed by atoms with Crippen molar-refractivity contribution in [3.8, 4) is 11.5 Å². The molecule has 1 aromatic rings. The zero-order valence-corrected chi connectivity index (χ0v) is 6.76. The summed E-state index contributed by atoms with van der Waals surface area (Å²) in [5.74, 6) is 1.50. The van der Waals surface area contributed by atoms with Gasteiger partial charge in [-0.25, -0.2) is 0 Å². The Kier molecular flexibility index (Phi) is 1.50. The first-order valence-electron chi connectivity index (χ1n) is 3.72. The second-order valence-electron chi connectivity index (χ2n) is 2.69. The average Bonchev–Trinajstić information content (AvgIpc) is 2.49. The molecule has 0 radical (unpaired) electrons. The molecule has 0 spiro atoms. The Balaban J connectivity index is 2.45. The van der Waals surface area contributed by atoms with Gasteiger partial charge < -0.3 is 14.9 Å². The van der Waals surface area contributed by atoms with Crippen molar-refractivity contribution in [3.05, 3.63) is 23.8 Å². The maximum Gasteiger partial charge on any atom is 0.231 e. The molecule has 0 saturated heterocycles.